The first-order valence-corrected chi connectivity index (χ1v) is 6.40. The Bertz CT molecular complexity index is 478. The van der Waals surface area contributed by atoms with Gasteiger partial charge in [-0.1, -0.05) is 23.7 Å². The number of nitrogen functional groups attached to an aromatic ring is 1. The molecule has 0 atom stereocenters. The average molecular weight is 254 g/mol. The van der Waals surface area contributed by atoms with Gasteiger partial charge in [0.2, 0.25) is 0 Å². The van der Waals surface area contributed by atoms with E-state index in [-0.39, 0.29) is 0 Å². The molecule has 0 aliphatic heterocycles. The number of nitrogens with two attached hydrogens (primary N) is 1. The van der Waals surface area contributed by atoms with Crippen LogP contribution in [0.5, 0.6) is 0 Å². The Labute approximate surface area is 104 Å². The second-order valence-corrected chi connectivity index (χ2v) is 4.67. The Morgan fingerprint density at radius 3 is 2.56 bits per heavy atom. The minimum Gasteiger partial charge on any atom is -0.383 e. The van der Waals surface area contributed by atoms with E-state index in [4.69, 9.17) is 17.3 Å². The molecule has 1 aromatic carbocycles. The Morgan fingerprint density at radius 2 is 2.06 bits per heavy atom. The summed E-state index contributed by atoms with van der Waals surface area (Å²) in [5, 5.41) is 4.61. The van der Waals surface area contributed by atoms with Gasteiger partial charge in [0, 0.05) is 4.90 Å². The maximum absolute atomic E-state index is 5.83. The summed E-state index contributed by atoms with van der Waals surface area (Å²) in [5.74, 6) is 0.510. The van der Waals surface area contributed by atoms with Crippen LogP contribution in [-0.4, -0.2) is 16.0 Å². The molecule has 1 heterocycles. The predicted molar refractivity (Wildman–Crippen MR) is 69.0 cm³/mol. The van der Waals surface area contributed by atoms with Gasteiger partial charge in [-0.2, -0.15) is 5.10 Å². The highest BCUT2D eigenvalue weighted by molar-refractivity contribution is 7.98. The number of anilines is 1. The van der Waals surface area contributed by atoms with Crippen LogP contribution >= 0.6 is 23.4 Å². The second kappa shape index (κ2) is 4.80. The lowest BCUT2D eigenvalue weighted by Gasteiger charge is -2.05. The van der Waals surface area contributed by atoms with Crippen LogP contribution in [0, 0.1) is 0 Å². The number of halogens is 1. The van der Waals surface area contributed by atoms with E-state index < -0.39 is 0 Å². The third kappa shape index (κ3) is 2.33. The van der Waals surface area contributed by atoms with Gasteiger partial charge in [0.05, 0.1) is 12.7 Å². The van der Waals surface area contributed by atoms with Crippen molar-refractivity contribution in [1.29, 1.82) is 0 Å². The molecule has 2 rings (SSSR count). The van der Waals surface area contributed by atoms with Crippen molar-refractivity contribution in [3.63, 3.8) is 0 Å². The Hall–Kier alpha value is -1.13. The molecular weight excluding hydrogens is 242 g/mol. The van der Waals surface area contributed by atoms with Crippen LogP contribution in [0.25, 0.3) is 0 Å². The summed E-state index contributed by atoms with van der Waals surface area (Å²) in [6.07, 6.45) is 3.62. The quantitative estimate of drug-likeness (QED) is 0.856. The lowest BCUT2D eigenvalue weighted by molar-refractivity contribution is 0.697. The highest BCUT2D eigenvalue weighted by Crippen LogP contribution is 2.19. The molecule has 2 N–H and O–H groups in total. The van der Waals surface area contributed by atoms with Crippen molar-refractivity contribution in [3.8, 4) is 0 Å². The Kier molecular flexibility index (Phi) is 3.41. The molecule has 0 amide bonds. The molecule has 0 radical (unpaired) electrons. The van der Waals surface area contributed by atoms with Crippen molar-refractivity contribution in [2.24, 2.45) is 0 Å². The molecule has 0 aliphatic rings. The number of benzene rings is 1. The molecule has 0 fully saturated rings. The number of thioether (sulfide) groups is 1. The van der Waals surface area contributed by atoms with Gasteiger partial charge in [0.15, 0.2) is 0 Å². The highest BCUT2D eigenvalue weighted by Gasteiger charge is 2.05. The van der Waals surface area contributed by atoms with Crippen LogP contribution in [0.1, 0.15) is 5.56 Å². The topological polar surface area (TPSA) is 43.8 Å². The van der Waals surface area contributed by atoms with Gasteiger partial charge in [0.1, 0.15) is 10.8 Å². The first-order valence-electron chi connectivity index (χ1n) is 4.80. The largest absolute Gasteiger partial charge is 0.383 e. The van der Waals surface area contributed by atoms with Crippen molar-refractivity contribution in [3.05, 3.63) is 41.0 Å². The first-order chi connectivity index (χ1) is 7.70. The van der Waals surface area contributed by atoms with Crippen LogP contribution in [-0.2, 0) is 6.54 Å². The third-order valence-electron chi connectivity index (χ3n) is 2.32. The summed E-state index contributed by atoms with van der Waals surface area (Å²) in [5.41, 5.74) is 6.93. The summed E-state index contributed by atoms with van der Waals surface area (Å²) in [7, 11) is 0. The smallest absolute Gasteiger partial charge is 0.140 e. The van der Waals surface area contributed by atoms with Gasteiger partial charge in [-0.3, -0.25) is 0 Å². The zero-order valence-corrected chi connectivity index (χ0v) is 10.4. The molecule has 0 saturated carbocycles. The predicted octanol–water partition coefficient (Wildman–Crippen LogP) is 2.89. The van der Waals surface area contributed by atoms with Crippen LogP contribution in [0.3, 0.4) is 0 Å². The molecule has 5 heteroatoms. The second-order valence-electron chi connectivity index (χ2n) is 3.38. The molecule has 2 aromatic rings. The zero-order valence-electron chi connectivity index (χ0n) is 8.85. The van der Waals surface area contributed by atoms with E-state index in [0.717, 1.165) is 5.56 Å². The fourth-order valence-corrected chi connectivity index (χ4v) is 1.95. The van der Waals surface area contributed by atoms with Gasteiger partial charge >= 0.3 is 0 Å². The van der Waals surface area contributed by atoms with E-state index in [0.29, 0.717) is 17.4 Å². The van der Waals surface area contributed by atoms with Crippen molar-refractivity contribution < 1.29 is 0 Å². The lowest BCUT2D eigenvalue weighted by Crippen LogP contribution is -2.05. The van der Waals surface area contributed by atoms with Crippen molar-refractivity contribution in [2.75, 3.05) is 12.0 Å². The molecule has 0 aliphatic carbocycles. The molecule has 0 unspecified atom stereocenters. The molecular formula is C11H12ClN3S. The van der Waals surface area contributed by atoms with E-state index in [9.17, 15) is 0 Å². The standard InChI is InChI=1S/C11H12ClN3S/c1-16-9-4-2-8(3-5-9)7-15-11(13)10(12)6-14-15/h2-6H,7,13H2,1H3. The van der Waals surface area contributed by atoms with Crippen molar-refractivity contribution >= 4 is 29.2 Å². The van der Waals surface area contributed by atoms with Crippen molar-refractivity contribution in [1.82, 2.24) is 9.78 Å². The molecule has 1 aromatic heterocycles. The van der Waals surface area contributed by atoms with E-state index in [2.05, 4.69) is 35.6 Å². The number of aromatic nitrogens is 2. The fourth-order valence-electron chi connectivity index (χ4n) is 1.40. The summed E-state index contributed by atoms with van der Waals surface area (Å²) >= 11 is 7.55. The monoisotopic (exact) mass is 253 g/mol. The molecule has 16 heavy (non-hydrogen) atoms. The summed E-state index contributed by atoms with van der Waals surface area (Å²) in [4.78, 5) is 1.25. The summed E-state index contributed by atoms with van der Waals surface area (Å²) in [6, 6.07) is 8.31. The molecule has 3 nitrogen and oxygen atoms in total. The number of nitrogens with zero attached hydrogens (tertiary/aromatic N) is 2. The maximum atomic E-state index is 5.83. The van der Waals surface area contributed by atoms with Gasteiger partial charge in [0.25, 0.3) is 0 Å². The van der Waals surface area contributed by atoms with Crippen molar-refractivity contribution in [2.45, 2.75) is 11.4 Å². The fraction of sp³-hybridized carbons (Fsp3) is 0.182. The first kappa shape index (κ1) is 11.4. The van der Waals surface area contributed by atoms with E-state index in [1.165, 1.54) is 4.90 Å². The van der Waals surface area contributed by atoms with Crippen LogP contribution in [0.4, 0.5) is 5.82 Å². The maximum Gasteiger partial charge on any atom is 0.140 e. The molecule has 0 spiro atoms. The highest BCUT2D eigenvalue weighted by atomic mass is 35.5. The molecule has 0 saturated heterocycles. The van der Waals surface area contributed by atoms with Gasteiger partial charge in [-0.05, 0) is 24.0 Å². The van der Waals surface area contributed by atoms with E-state index in [1.807, 2.05) is 0 Å². The normalized spacial score (nSPS) is 10.6. The van der Waals surface area contributed by atoms with Gasteiger partial charge < -0.3 is 5.73 Å². The zero-order chi connectivity index (χ0) is 11.5. The third-order valence-corrected chi connectivity index (χ3v) is 3.36. The molecule has 0 bridgehead atoms. The number of hydrogen-bond donors (Lipinski definition) is 1. The van der Waals surface area contributed by atoms with Gasteiger partial charge in [-0.15, -0.1) is 11.8 Å². The van der Waals surface area contributed by atoms with Crippen LogP contribution < -0.4 is 5.73 Å². The van der Waals surface area contributed by atoms with E-state index >= 15 is 0 Å². The molecule has 84 valence electrons. The number of rotatable bonds is 3. The lowest BCUT2D eigenvalue weighted by atomic mass is 10.2. The Morgan fingerprint density at radius 1 is 1.38 bits per heavy atom. The van der Waals surface area contributed by atoms with E-state index in [1.54, 1.807) is 22.6 Å². The summed E-state index contributed by atoms with van der Waals surface area (Å²) in [6.45, 7) is 0.646. The number of hydrogen-bond acceptors (Lipinski definition) is 3. The van der Waals surface area contributed by atoms with Gasteiger partial charge in [-0.25, -0.2) is 4.68 Å². The van der Waals surface area contributed by atoms with Crippen LogP contribution in [0.2, 0.25) is 5.02 Å². The minimum atomic E-state index is 0.501. The average Bonchev–Trinajstić information content (AvgIpc) is 2.62. The SMILES string of the molecule is CSc1ccc(Cn2ncc(Cl)c2N)cc1. The Balaban J connectivity index is 2.17. The summed E-state index contributed by atoms with van der Waals surface area (Å²) < 4.78 is 1.69. The van der Waals surface area contributed by atoms with Crippen LogP contribution in [0.15, 0.2) is 35.4 Å². The minimum absolute atomic E-state index is 0.501.